The van der Waals surface area contributed by atoms with Crippen LogP contribution in [0.3, 0.4) is 0 Å². The zero-order valence-corrected chi connectivity index (χ0v) is 13.2. The molecule has 1 heterocycles. The molecule has 2 rings (SSSR count). The molecule has 4 heteroatoms. The second kappa shape index (κ2) is 5.46. The van der Waals surface area contributed by atoms with Crippen molar-refractivity contribution in [2.45, 2.75) is 13.3 Å². The standard InChI is InChI=1S/C13H10Br2OS/c1-8-6-12(17-13(8)15)11(16)7-9-2-4-10(14)5-3-9/h2-6H,7H2,1H3. The summed E-state index contributed by atoms with van der Waals surface area (Å²) in [5.74, 6) is 0.172. The minimum Gasteiger partial charge on any atom is -0.293 e. The molecular formula is C13H10Br2OS. The summed E-state index contributed by atoms with van der Waals surface area (Å²) in [6.07, 6.45) is 0.458. The van der Waals surface area contributed by atoms with E-state index in [9.17, 15) is 4.79 Å². The van der Waals surface area contributed by atoms with E-state index >= 15 is 0 Å². The Morgan fingerprint density at radius 2 is 1.88 bits per heavy atom. The van der Waals surface area contributed by atoms with Gasteiger partial charge in [0, 0.05) is 10.9 Å². The molecule has 1 nitrogen and oxygen atoms in total. The number of hydrogen-bond donors (Lipinski definition) is 0. The van der Waals surface area contributed by atoms with Crippen molar-refractivity contribution in [2.75, 3.05) is 0 Å². The summed E-state index contributed by atoms with van der Waals surface area (Å²) in [5.41, 5.74) is 2.16. The first-order chi connectivity index (χ1) is 8.06. The average Bonchev–Trinajstić information content (AvgIpc) is 2.63. The third-order valence-corrected chi connectivity index (χ3v) is 5.12. The van der Waals surface area contributed by atoms with Gasteiger partial charge in [0.1, 0.15) is 0 Å². The zero-order valence-electron chi connectivity index (χ0n) is 9.17. The van der Waals surface area contributed by atoms with Gasteiger partial charge >= 0.3 is 0 Å². The maximum Gasteiger partial charge on any atom is 0.177 e. The average molecular weight is 374 g/mol. The van der Waals surface area contributed by atoms with Gasteiger partial charge in [-0.2, -0.15) is 0 Å². The number of halogens is 2. The number of benzene rings is 1. The van der Waals surface area contributed by atoms with Crippen molar-refractivity contribution in [2.24, 2.45) is 0 Å². The molecule has 2 aromatic rings. The smallest absolute Gasteiger partial charge is 0.177 e. The van der Waals surface area contributed by atoms with E-state index in [1.165, 1.54) is 11.3 Å². The normalized spacial score (nSPS) is 10.5. The Morgan fingerprint density at radius 1 is 1.24 bits per heavy atom. The van der Waals surface area contributed by atoms with E-state index < -0.39 is 0 Å². The predicted octanol–water partition coefficient (Wildman–Crippen LogP) is 5.01. The number of rotatable bonds is 3. The number of thiophene rings is 1. The highest BCUT2D eigenvalue weighted by atomic mass is 79.9. The van der Waals surface area contributed by atoms with Gasteiger partial charge in [-0.15, -0.1) is 11.3 Å². The van der Waals surface area contributed by atoms with Crippen LogP contribution in [0.25, 0.3) is 0 Å². The number of Topliss-reactive ketones (excluding diaryl/α,β-unsaturated/α-hetero) is 1. The maximum atomic E-state index is 12.0. The number of carbonyl (C=O) groups is 1. The number of carbonyl (C=O) groups excluding carboxylic acids is 1. The maximum absolute atomic E-state index is 12.0. The molecular weight excluding hydrogens is 364 g/mol. The molecule has 0 aliphatic heterocycles. The Balaban J connectivity index is 2.14. The van der Waals surface area contributed by atoms with Crippen molar-refractivity contribution >= 4 is 49.0 Å². The minimum absolute atomic E-state index is 0.172. The van der Waals surface area contributed by atoms with Crippen molar-refractivity contribution in [1.82, 2.24) is 0 Å². The fourth-order valence-electron chi connectivity index (χ4n) is 1.47. The highest BCUT2D eigenvalue weighted by Gasteiger charge is 2.11. The summed E-state index contributed by atoms with van der Waals surface area (Å²) >= 11 is 8.32. The Morgan fingerprint density at radius 3 is 2.41 bits per heavy atom. The Kier molecular flexibility index (Phi) is 4.17. The summed E-state index contributed by atoms with van der Waals surface area (Å²) < 4.78 is 2.07. The van der Waals surface area contributed by atoms with Crippen LogP contribution in [0.1, 0.15) is 20.8 Å². The predicted molar refractivity (Wildman–Crippen MR) is 78.9 cm³/mol. The fraction of sp³-hybridized carbons (Fsp3) is 0.154. The molecule has 1 aromatic carbocycles. The van der Waals surface area contributed by atoms with Crippen molar-refractivity contribution < 1.29 is 4.79 Å². The van der Waals surface area contributed by atoms with E-state index in [1.54, 1.807) is 0 Å². The Hall–Kier alpha value is -0.450. The lowest BCUT2D eigenvalue weighted by molar-refractivity contribution is 0.0997. The molecule has 0 aliphatic rings. The summed E-state index contributed by atoms with van der Waals surface area (Å²) in [6, 6.07) is 9.79. The zero-order chi connectivity index (χ0) is 12.4. The van der Waals surface area contributed by atoms with Gasteiger partial charge in [-0.3, -0.25) is 4.79 Å². The topological polar surface area (TPSA) is 17.1 Å². The molecule has 0 unspecified atom stereocenters. The first-order valence-corrected chi connectivity index (χ1v) is 7.50. The molecule has 0 aliphatic carbocycles. The summed E-state index contributed by atoms with van der Waals surface area (Å²) in [5, 5.41) is 0. The summed E-state index contributed by atoms with van der Waals surface area (Å²) in [7, 11) is 0. The van der Waals surface area contributed by atoms with Crippen LogP contribution in [0.4, 0.5) is 0 Å². The molecule has 0 saturated carbocycles. The molecule has 0 N–H and O–H groups in total. The third-order valence-electron chi connectivity index (χ3n) is 2.41. The first-order valence-electron chi connectivity index (χ1n) is 5.10. The van der Waals surface area contributed by atoms with E-state index in [4.69, 9.17) is 0 Å². The quantitative estimate of drug-likeness (QED) is 0.691. The highest BCUT2D eigenvalue weighted by molar-refractivity contribution is 9.11. The van der Waals surface area contributed by atoms with Crippen molar-refractivity contribution in [3.63, 3.8) is 0 Å². The van der Waals surface area contributed by atoms with Crippen molar-refractivity contribution in [1.29, 1.82) is 0 Å². The van der Waals surface area contributed by atoms with Crippen molar-refractivity contribution in [3.05, 3.63) is 54.6 Å². The molecule has 0 atom stereocenters. The fourth-order valence-corrected chi connectivity index (χ4v) is 3.21. The van der Waals surface area contributed by atoms with Gasteiger partial charge in [0.15, 0.2) is 5.78 Å². The number of ketones is 1. The lowest BCUT2D eigenvalue weighted by Gasteiger charge is -1.99. The lowest BCUT2D eigenvalue weighted by Crippen LogP contribution is -2.00. The monoisotopic (exact) mass is 372 g/mol. The van der Waals surface area contributed by atoms with Gasteiger partial charge in [0.25, 0.3) is 0 Å². The van der Waals surface area contributed by atoms with Crippen LogP contribution in [0.2, 0.25) is 0 Å². The molecule has 17 heavy (non-hydrogen) atoms. The molecule has 0 radical (unpaired) electrons. The molecule has 0 amide bonds. The summed E-state index contributed by atoms with van der Waals surface area (Å²) in [6.45, 7) is 2.00. The van der Waals surface area contributed by atoms with Crippen LogP contribution >= 0.6 is 43.2 Å². The Bertz CT molecular complexity index is 524. The molecule has 1 aromatic heterocycles. The van der Waals surface area contributed by atoms with Gasteiger partial charge in [0.05, 0.1) is 8.66 Å². The van der Waals surface area contributed by atoms with Gasteiger partial charge in [-0.05, 0) is 52.2 Å². The van der Waals surface area contributed by atoms with Gasteiger partial charge in [-0.25, -0.2) is 0 Å². The van der Waals surface area contributed by atoms with Crippen LogP contribution in [0.5, 0.6) is 0 Å². The first kappa shape index (κ1) is 13.0. The molecule has 0 spiro atoms. The van der Waals surface area contributed by atoms with Crippen LogP contribution in [-0.4, -0.2) is 5.78 Å². The minimum atomic E-state index is 0.172. The number of aryl methyl sites for hydroxylation is 1. The van der Waals surface area contributed by atoms with Crippen molar-refractivity contribution in [3.8, 4) is 0 Å². The molecule has 0 fully saturated rings. The van der Waals surface area contributed by atoms with E-state index in [0.29, 0.717) is 6.42 Å². The highest BCUT2D eigenvalue weighted by Crippen LogP contribution is 2.28. The van der Waals surface area contributed by atoms with E-state index in [0.717, 1.165) is 24.3 Å². The second-order valence-electron chi connectivity index (χ2n) is 3.79. The summed E-state index contributed by atoms with van der Waals surface area (Å²) in [4.78, 5) is 12.9. The lowest BCUT2D eigenvalue weighted by atomic mass is 10.1. The van der Waals surface area contributed by atoms with Gasteiger partial charge in [-0.1, -0.05) is 28.1 Å². The van der Waals surface area contributed by atoms with Crippen LogP contribution in [-0.2, 0) is 6.42 Å². The molecule has 0 saturated heterocycles. The second-order valence-corrected chi connectivity index (χ2v) is 7.08. The van der Waals surface area contributed by atoms with Gasteiger partial charge < -0.3 is 0 Å². The number of hydrogen-bond acceptors (Lipinski definition) is 2. The third kappa shape index (κ3) is 3.27. The van der Waals surface area contributed by atoms with E-state index in [1.807, 2.05) is 37.3 Å². The van der Waals surface area contributed by atoms with E-state index in [-0.39, 0.29) is 5.78 Å². The SMILES string of the molecule is Cc1cc(C(=O)Cc2ccc(Br)cc2)sc1Br. The van der Waals surface area contributed by atoms with Crippen LogP contribution in [0, 0.1) is 6.92 Å². The Labute approximate surface area is 121 Å². The largest absolute Gasteiger partial charge is 0.293 e. The van der Waals surface area contributed by atoms with E-state index in [2.05, 4.69) is 31.9 Å². The van der Waals surface area contributed by atoms with Crippen LogP contribution in [0.15, 0.2) is 38.6 Å². The van der Waals surface area contributed by atoms with Gasteiger partial charge in [0.2, 0.25) is 0 Å². The molecule has 0 bridgehead atoms. The van der Waals surface area contributed by atoms with Crippen LogP contribution < -0.4 is 0 Å². The molecule has 88 valence electrons.